The first kappa shape index (κ1) is 21.4. The van der Waals surface area contributed by atoms with E-state index in [9.17, 15) is 0 Å². The summed E-state index contributed by atoms with van der Waals surface area (Å²) in [6, 6.07) is 13.9. The van der Waals surface area contributed by atoms with Crippen molar-refractivity contribution in [1.29, 1.82) is 0 Å². The van der Waals surface area contributed by atoms with Gasteiger partial charge in [-0.1, -0.05) is 24.3 Å². The molecule has 0 aliphatic heterocycles. The first-order valence-corrected chi connectivity index (χ1v) is 9.60. The van der Waals surface area contributed by atoms with Crippen molar-refractivity contribution in [3.63, 3.8) is 0 Å². The van der Waals surface area contributed by atoms with Gasteiger partial charge >= 0.3 is 0 Å². The lowest BCUT2D eigenvalue weighted by Crippen LogP contribution is -2.31. The molecule has 2 N–H and O–H groups in total. The van der Waals surface area contributed by atoms with E-state index in [1.165, 1.54) is 11.1 Å². The standard InChI is InChI=1S/C22H27N3O2S/c1-4-10-23-22(28)25-24-16-19-8-5-6-9-21(19)27-12-7-11-26-20-14-17(2)13-18(3)15-20/h4-6,8-9,13-16H,1,7,10-12H2,2-3H3,(H2,23,25,28). The first-order chi connectivity index (χ1) is 13.6. The summed E-state index contributed by atoms with van der Waals surface area (Å²) >= 11 is 5.09. The van der Waals surface area contributed by atoms with Crippen LogP contribution in [0.25, 0.3) is 0 Å². The number of rotatable bonds is 10. The van der Waals surface area contributed by atoms with Crippen molar-refractivity contribution in [2.24, 2.45) is 5.10 Å². The molecule has 6 heteroatoms. The van der Waals surface area contributed by atoms with Gasteiger partial charge in [0.1, 0.15) is 11.5 Å². The molecule has 0 fully saturated rings. The van der Waals surface area contributed by atoms with Gasteiger partial charge in [-0.25, -0.2) is 0 Å². The highest BCUT2D eigenvalue weighted by Crippen LogP contribution is 2.18. The van der Waals surface area contributed by atoms with Crippen molar-refractivity contribution in [1.82, 2.24) is 10.7 Å². The molecule has 2 rings (SSSR count). The summed E-state index contributed by atoms with van der Waals surface area (Å²) in [6.07, 6.45) is 4.19. The fraction of sp³-hybridized carbons (Fsp3) is 0.273. The van der Waals surface area contributed by atoms with E-state index in [0.717, 1.165) is 23.5 Å². The maximum atomic E-state index is 5.88. The molecular weight excluding hydrogens is 370 g/mol. The first-order valence-electron chi connectivity index (χ1n) is 9.19. The minimum absolute atomic E-state index is 0.443. The summed E-state index contributed by atoms with van der Waals surface area (Å²) in [4.78, 5) is 0. The van der Waals surface area contributed by atoms with Crippen LogP contribution in [0.3, 0.4) is 0 Å². The third-order valence-electron chi connectivity index (χ3n) is 3.71. The maximum Gasteiger partial charge on any atom is 0.187 e. The van der Waals surface area contributed by atoms with E-state index >= 15 is 0 Å². The molecule has 0 aromatic heterocycles. The van der Waals surface area contributed by atoms with Crippen molar-refractivity contribution in [2.75, 3.05) is 19.8 Å². The van der Waals surface area contributed by atoms with Crippen LogP contribution in [0.2, 0.25) is 0 Å². The average molecular weight is 398 g/mol. The summed E-state index contributed by atoms with van der Waals surface area (Å²) in [5, 5.41) is 7.53. The Labute approximate surface area is 172 Å². The van der Waals surface area contributed by atoms with E-state index in [1.54, 1.807) is 12.3 Å². The number of thiocarbonyl (C=S) groups is 1. The largest absolute Gasteiger partial charge is 0.493 e. The van der Waals surface area contributed by atoms with Gasteiger partial charge in [-0.2, -0.15) is 5.10 Å². The quantitative estimate of drug-likeness (QED) is 0.208. The molecule has 0 saturated carbocycles. The number of para-hydroxylation sites is 1. The second-order valence-corrected chi connectivity index (χ2v) is 6.69. The minimum atomic E-state index is 0.443. The highest BCUT2D eigenvalue weighted by molar-refractivity contribution is 7.80. The lowest BCUT2D eigenvalue weighted by atomic mass is 10.1. The van der Waals surface area contributed by atoms with Crippen molar-refractivity contribution in [2.45, 2.75) is 20.3 Å². The van der Waals surface area contributed by atoms with E-state index in [-0.39, 0.29) is 0 Å². The van der Waals surface area contributed by atoms with E-state index in [4.69, 9.17) is 21.7 Å². The lowest BCUT2D eigenvalue weighted by molar-refractivity contribution is 0.247. The molecule has 148 valence electrons. The van der Waals surface area contributed by atoms with E-state index < -0.39 is 0 Å². The fourth-order valence-corrected chi connectivity index (χ4v) is 2.67. The van der Waals surface area contributed by atoms with Gasteiger partial charge in [-0.05, 0) is 61.5 Å². The summed E-state index contributed by atoms with van der Waals surface area (Å²) < 4.78 is 11.7. The number of benzene rings is 2. The van der Waals surface area contributed by atoms with Crippen molar-refractivity contribution >= 4 is 23.5 Å². The summed E-state index contributed by atoms with van der Waals surface area (Å²) in [5.74, 6) is 1.67. The van der Waals surface area contributed by atoms with E-state index in [2.05, 4.69) is 42.3 Å². The molecule has 0 bridgehead atoms. The van der Waals surface area contributed by atoms with Crippen LogP contribution in [0.1, 0.15) is 23.1 Å². The minimum Gasteiger partial charge on any atom is -0.493 e. The van der Waals surface area contributed by atoms with Crippen LogP contribution in [0, 0.1) is 13.8 Å². The summed E-state index contributed by atoms with van der Waals surface area (Å²) in [5.41, 5.74) is 6.04. The monoisotopic (exact) mass is 397 g/mol. The highest BCUT2D eigenvalue weighted by atomic mass is 32.1. The molecule has 0 aliphatic rings. The van der Waals surface area contributed by atoms with Gasteiger partial charge in [0.05, 0.1) is 19.4 Å². The van der Waals surface area contributed by atoms with Crippen LogP contribution in [0.15, 0.2) is 60.2 Å². The van der Waals surface area contributed by atoms with Gasteiger partial charge in [0.2, 0.25) is 0 Å². The molecule has 0 saturated heterocycles. The third kappa shape index (κ3) is 7.80. The molecule has 0 unspecified atom stereocenters. The molecule has 0 spiro atoms. The van der Waals surface area contributed by atoms with Gasteiger partial charge in [0.25, 0.3) is 0 Å². The topological polar surface area (TPSA) is 54.9 Å². The average Bonchev–Trinajstić information content (AvgIpc) is 2.66. The van der Waals surface area contributed by atoms with Gasteiger partial charge in [-0.3, -0.25) is 5.43 Å². The summed E-state index contributed by atoms with van der Waals surface area (Å²) in [6.45, 7) is 9.51. The molecule has 0 radical (unpaired) electrons. The number of nitrogens with one attached hydrogen (secondary N) is 2. The fourth-order valence-electron chi connectivity index (χ4n) is 2.53. The number of hydrogen-bond donors (Lipinski definition) is 2. The number of ether oxygens (including phenoxy) is 2. The number of aryl methyl sites for hydroxylation is 2. The van der Waals surface area contributed by atoms with Crippen molar-refractivity contribution < 1.29 is 9.47 Å². The molecular formula is C22H27N3O2S. The van der Waals surface area contributed by atoms with Crippen LogP contribution in [0.5, 0.6) is 11.5 Å². The van der Waals surface area contributed by atoms with Gasteiger partial charge in [-0.15, -0.1) is 6.58 Å². The van der Waals surface area contributed by atoms with Gasteiger partial charge in [0.15, 0.2) is 5.11 Å². The smallest absolute Gasteiger partial charge is 0.187 e. The van der Waals surface area contributed by atoms with E-state index in [1.807, 2.05) is 36.4 Å². The predicted octanol–water partition coefficient (Wildman–Crippen LogP) is 4.14. The molecule has 0 atom stereocenters. The van der Waals surface area contributed by atoms with Crippen molar-refractivity contribution in [3.05, 3.63) is 71.8 Å². The Kier molecular flexibility index (Phi) is 9.01. The number of nitrogens with zero attached hydrogens (tertiary/aromatic N) is 1. The number of hydrazone groups is 1. The predicted molar refractivity (Wildman–Crippen MR) is 119 cm³/mol. The SMILES string of the molecule is C=CCNC(=S)NN=Cc1ccccc1OCCCOc1cc(C)cc(C)c1. The molecule has 0 aliphatic carbocycles. The van der Waals surface area contributed by atoms with Crippen LogP contribution in [-0.2, 0) is 0 Å². The second-order valence-electron chi connectivity index (χ2n) is 6.28. The Hall–Kier alpha value is -2.86. The molecule has 28 heavy (non-hydrogen) atoms. The van der Waals surface area contributed by atoms with Crippen LogP contribution < -0.4 is 20.2 Å². The Balaban J connectivity index is 1.78. The Morgan fingerprint density at radius 3 is 2.57 bits per heavy atom. The zero-order valence-electron chi connectivity index (χ0n) is 16.4. The molecule has 0 amide bonds. The van der Waals surface area contributed by atoms with Crippen LogP contribution in [-0.4, -0.2) is 31.1 Å². The van der Waals surface area contributed by atoms with Crippen LogP contribution >= 0.6 is 12.2 Å². The molecule has 2 aromatic carbocycles. The number of hydrogen-bond acceptors (Lipinski definition) is 4. The van der Waals surface area contributed by atoms with E-state index in [0.29, 0.717) is 24.9 Å². The van der Waals surface area contributed by atoms with Gasteiger partial charge in [0, 0.05) is 18.5 Å². The second kappa shape index (κ2) is 11.8. The zero-order valence-corrected chi connectivity index (χ0v) is 17.2. The molecule has 2 aromatic rings. The van der Waals surface area contributed by atoms with Crippen LogP contribution in [0.4, 0.5) is 0 Å². The maximum absolute atomic E-state index is 5.88. The zero-order chi connectivity index (χ0) is 20.2. The van der Waals surface area contributed by atoms with Gasteiger partial charge < -0.3 is 14.8 Å². The third-order valence-corrected chi connectivity index (χ3v) is 3.94. The Bertz CT molecular complexity index is 801. The Morgan fingerprint density at radius 1 is 1.11 bits per heavy atom. The van der Waals surface area contributed by atoms with Crippen molar-refractivity contribution in [3.8, 4) is 11.5 Å². The normalized spacial score (nSPS) is 10.5. The molecule has 5 nitrogen and oxygen atoms in total. The Morgan fingerprint density at radius 2 is 1.82 bits per heavy atom. The summed E-state index contributed by atoms with van der Waals surface area (Å²) in [7, 11) is 0. The lowest BCUT2D eigenvalue weighted by Gasteiger charge is -2.11. The molecule has 0 heterocycles. The highest BCUT2D eigenvalue weighted by Gasteiger charge is 2.02.